The third-order valence-electron chi connectivity index (χ3n) is 6.22. The molecule has 3 saturated heterocycles. The van der Waals surface area contributed by atoms with E-state index in [1.165, 1.54) is 58.4 Å². The number of likely N-dealkylation sites (tertiary alicyclic amines) is 2. The van der Waals surface area contributed by atoms with Crippen LogP contribution in [0, 0.1) is 5.92 Å². The number of piperidine rings is 2. The van der Waals surface area contributed by atoms with Crippen LogP contribution in [-0.2, 0) is 9.53 Å². The molecule has 156 valence electrons. The molecule has 3 rings (SSSR count). The number of nitrogens with one attached hydrogen (secondary N) is 1. The van der Waals surface area contributed by atoms with Gasteiger partial charge in [0.2, 0.25) is 0 Å². The molecule has 0 amide bonds. The fourth-order valence-corrected chi connectivity index (χ4v) is 4.76. The van der Waals surface area contributed by atoms with Crippen molar-refractivity contribution in [2.75, 3.05) is 65.4 Å². The average molecular weight is 381 g/mol. The van der Waals surface area contributed by atoms with Crippen molar-refractivity contribution in [1.29, 1.82) is 0 Å². The first-order valence-electron chi connectivity index (χ1n) is 11.0. The molecule has 0 aromatic rings. The Kier molecular flexibility index (Phi) is 7.54. The Labute approximate surface area is 165 Å². The minimum Gasteiger partial charge on any atom is -0.459 e. The van der Waals surface area contributed by atoms with E-state index in [-0.39, 0.29) is 11.6 Å². The van der Waals surface area contributed by atoms with E-state index in [9.17, 15) is 4.79 Å². The molecule has 0 radical (unpaired) electrons. The van der Waals surface area contributed by atoms with Crippen LogP contribution in [0.15, 0.2) is 0 Å². The van der Waals surface area contributed by atoms with Crippen molar-refractivity contribution in [2.24, 2.45) is 5.92 Å². The Morgan fingerprint density at radius 1 is 0.926 bits per heavy atom. The Morgan fingerprint density at radius 2 is 1.56 bits per heavy atom. The topological polar surface area (TPSA) is 48.1 Å². The molecule has 3 heterocycles. The normalized spacial score (nSPS) is 25.6. The van der Waals surface area contributed by atoms with E-state index in [1.807, 2.05) is 20.8 Å². The maximum atomic E-state index is 12.0. The van der Waals surface area contributed by atoms with Crippen LogP contribution in [0.2, 0.25) is 0 Å². The lowest BCUT2D eigenvalue weighted by atomic mass is 9.93. The standard InChI is InChI=1S/C21H40N4O2/c1-21(2,3)27-20(26)17-23-10-6-19(7-11-23)25-12-4-18(5-13-25)16-24-14-8-22-9-15-24/h18-19,22H,4-17H2,1-3H3. The van der Waals surface area contributed by atoms with Gasteiger partial charge in [0.05, 0.1) is 6.54 Å². The van der Waals surface area contributed by atoms with Crippen LogP contribution < -0.4 is 5.32 Å². The van der Waals surface area contributed by atoms with Gasteiger partial charge < -0.3 is 19.9 Å². The fourth-order valence-electron chi connectivity index (χ4n) is 4.76. The lowest BCUT2D eigenvalue weighted by Crippen LogP contribution is -2.50. The van der Waals surface area contributed by atoms with Crippen molar-refractivity contribution in [2.45, 2.75) is 58.1 Å². The van der Waals surface area contributed by atoms with Crippen molar-refractivity contribution in [1.82, 2.24) is 20.0 Å². The summed E-state index contributed by atoms with van der Waals surface area (Å²) in [4.78, 5) is 19.7. The van der Waals surface area contributed by atoms with Gasteiger partial charge in [-0.25, -0.2) is 0 Å². The zero-order valence-corrected chi connectivity index (χ0v) is 17.7. The van der Waals surface area contributed by atoms with Gasteiger partial charge in [0.25, 0.3) is 0 Å². The van der Waals surface area contributed by atoms with Crippen LogP contribution in [0.3, 0.4) is 0 Å². The molecule has 3 fully saturated rings. The monoisotopic (exact) mass is 380 g/mol. The summed E-state index contributed by atoms with van der Waals surface area (Å²) in [7, 11) is 0. The molecule has 0 aromatic carbocycles. The maximum absolute atomic E-state index is 12.0. The second-order valence-electron chi connectivity index (χ2n) is 9.62. The molecule has 0 bridgehead atoms. The summed E-state index contributed by atoms with van der Waals surface area (Å²) in [6.45, 7) is 16.8. The Hall–Kier alpha value is -0.690. The molecule has 0 aromatic heterocycles. The number of piperazine rings is 1. The van der Waals surface area contributed by atoms with Crippen molar-refractivity contribution in [3.63, 3.8) is 0 Å². The summed E-state index contributed by atoms with van der Waals surface area (Å²) in [6, 6.07) is 0.708. The lowest BCUT2D eigenvalue weighted by molar-refractivity contribution is -0.156. The smallest absolute Gasteiger partial charge is 0.320 e. The number of carbonyl (C=O) groups is 1. The summed E-state index contributed by atoms with van der Waals surface area (Å²) in [5, 5.41) is 3.45. The maximum Gasteiger partial charge on any atom is 0.320 e. The zero-order valence-electron chi connectivity index (χ0n) is 17.7. The summed E-state index contributed by atoms with van der Waals surface area (Å²) in [6.07, 6.45) is 5.07. The molecule has 0 spiro atoms. The molecule has 6 heteroatoms. The van der Waals surface area contributed by atoms with E-state index in [0.717, 1.165) is 32.1 Å². The second-order valence-corrected chi connectivity index (χ2v) is 9.62. The molecule has 0 saturated carbocycles. The van der Waals surface area contributed by atoms with E-state index >= 15 is 0 Å². The quantitative estimate of drug-likeness (QED) is 0.728. The SMILES string of the molecule is CC(C)(C)OC(=O)CN1CCC(N2CCC(CN3CCNCC3)CC2)CC1. The van der Waals surface area contributed by atoms with Crippen molar-refractivity contribution >= 4 is 5.97 Å². The van der Waals surface area contributed by atoms with Gasteiger partial charge in [-0.1, -0.05) is 0 Å². The molecular weight excluding hydrogens is 340 g/mol. The van der Waals surface area contributed by atoms with Gasteiger partial charge in [-0.3, -0.25) is 9.69 Å². The van der Waals surface area contributed by atoms with Crippen LogP contribution >= 0.6 is 0 Å². The van der Waals surface area contributed by atoms with Gasteiger partial charge in [0.1, 0.15) is 5.60 Å². The minimum absolute atomic E-state index is 0.0883. The number of rotatable bonds is 5. The molecule has 0 unspecified atom stereocenters. The first-order chi connectivity index (χ1) is 12.9. The van der Waals surface area contributed by atoms with Crippen molar-refractivity contribution in [3.8, 4) is 0 Å². The van der Waals surface area contributed by atoms with Gasteiger partial charge >= 0.3 is 5.97 Å². The van der Waals surface area contributed by atoms with Crippen LogP contribution in [-0.4, -0.2) is 97.8 Å². The zero-order chi connectivity index (χ0) is 19.3. The summed E-state index contributed by atoms with van der Waals surface area (Å²) in [5.74, 6) is 0.793. The van der Waals surface area contributed by atoms with Crippen LogP contribution in [0.5, 0.6) is 0 Å². The van der Waals surface area contributed by atoms with Crippen LogP contribution in [0.1, 0.15) is 46.5 Å². The van der Waals surface area contributed by atoms with Gasteiger partial charge in [-0.15, -0.1) is 0 Å². The van der Waals surface area contributed by atoms with Gasteiger partial charge in [0.15, 0.2) is 0 Å². The average Bonchev–Trinajstić information content (AvgIpc) is 2.62. The molecule has 3 aliphatic heterocycles. The number of carbonyl (C=O) groups excluding carboxylic acids is 1. The first-order valence-corrected chi connectivity index (χ1v) is 11.0. The number of nitrogens with zero attached hydrogens (tertiary/aromatic N) is 3. The van der Waals surface area contributed by atoms with Crippen molar-refractivity contribution < 1.29 is 9.53 Å². The highest BCUT2D eigenvalue weighted by molar-refractivity contribution is 5.72. The molecular formula is C21H40N4O2. The summed E-state index contributed by atoms with van der Waals surface area (Å²) in [5.41, 5.74) is -0.384. The largest absolute Gasteiger partial charge is 0.459 e. The molecule has 6 nitrogen and oxygen atoms in total. The van der Waals surface area contributed by atoms with Crippen LogP contribution in [0.25, 0.3) is 0 Å². The molecule has 0 atom stereocenters. The summed E-state index contributed by atoms with van der Waals surface area (Å²) < 4.78 is 5.46. The van der Waals surface area contributed by atoms with Gasteiger partial charge in [-0.2, -0.15) is 0 Å². The van der Waals surface area contributed by atoms with E-state index in [4.69, 9.17) is 4.74 Å². The summed E-state index contributed by atoms with van der Waals surface area (Å²) >= 11 is 0. The highest BCUT2D eigenvalue weighted by atomic mass is 16.6. The fraction of sp³-hybridized carbons (Fsp3) is 0.952. The lowest BCUT2D eigenvalue weighted by Gasteiger charge is -2.42. The predicted molar refractivity (Wildman–Crippen MR) is 109 cm³/mol. The van der Waals surface area contributed by atoms with E-state index in [0.29, 0.717) is 12.6 Å². The molecule has 3 aliphatic rings. The Morgan fingerprint density at radius 3 is 2.15 bits per heavy atom. The molecule has 1 N–H and O–H groups in total. The van der Waals surface area contributed by atoms with Crippen LogP contribution in [0.4, 0.5) is 0 Å². The minimum atomic E-state index is -0.384. The van der Waals surface area contributed by atoms with Gasteiger partial charge in [-0.05, 0) is 65.5 Å². The number of hydrogen-bond acceptors (Lipinski definition) is 6. The van der Waals surface area contributed by atoms with E-state index in [1.54, 1.807) is 0 Å². The highest BCUT2D eigenvalue weighted by Crippen LogP contribution is 2.24. The number of esters is 1. The number of hydrogen-bond donors (Lipinski definition) is 1. The van der Waals surface area contributed by atoms with E-state index < -0.39 is 0 Å². The second kappa shape index (κ2) is 9.68. The molecule has 0 aliphatic carbocycles. The molecule has 27 heavy (non-hydrogen) atoms. The van der Waals surface area contributed by atoms with E-state index in [2.05, 4.69) is 20.0 Å². The van der Waals surface area contributed by atoms with Gasteiger partial charge in [0, 0.05) is 51.9 Å². The highest BCUT2D eigenvalue weighted by Gasteiger charge is 2.30. The van der Waals surface area contributed by atoms with Crippen molar-refractivity contribution in [3.05, 3.63) is 0 Å². The number of ether oxygens (including phenoxy) is 1. The Bertz CT molecular complexity index is 457. The Balaban J connectivity index is 1.33. The first kappa shape index (κ1) is 21.0. The predicted octanol–water partition coefficient (Wildman–Crippen LogP) is 1.41. The third kappa shape index (κ3) is 7.00. The third-order valence-corrected chi connectivity index (χ3v) is 6.22.